The lowest BCUT2D eigenvalue weighted by Gasteiger charge is -2.10. The van der Waals surface area contributed by atoms with E-state index >= 15 is 0 Å². The minimum absolute atomic E-state index is 0.849. The Hall–Kier alpha value is -2.27. The fourth-order valence-corrected chi connectivity index (χ4v) is 2.77. The third kappa shape index (κ3) is 3.44. The summed E-state index contributed by atoms with van der Waals surface area (Å²) in [5.74, 6) is 0.870. The molecule has 0 radical (unpaired) electrons. The molecule has 0 atom stereocenters. The van der Waals surface area contributed by atoms with Crippen molar-refractivity contribution in [1.29, 1.82) is 0 Å². The molecule has 0 spiro atoms. The highest BCUT2D eigenvalue weighted by Gasteiger charge is 2.06. The number of anilines is 1. The molecule has 3 aromatic rings. The van der Waals surface area contributed by atoms with Gasteiger partial charge in [-0.3, -0.25) is 5.43 Å². The molecule has 0 amide bonds. The van der Waals surface area contributed by atoms with Crippen molar-refractivity contribution in [3.8, 4) is 0 Å². The van der Waals surface area contributed by atoms with E-state index in [0.29, 0.717) is 0 Å². The molecule has 21 heavy (non-hydrogen) atoms. The standard InChI is InChI=1S/C16H16N4S/c1-13-7-5-6-10-15(13)19-20-16(17-12-18-20)21-11-14-8-3-2-4-9-14/h2-10,12,19H,11H2,1H3. The van der Waals surface area contributed by atoms with Crippen LogP contribution in [0.5, 0.6) is 0 Å². The summed E-state index contributed by atoms with van der Waals surface area (Å²) in [6, 6.07) is 18.5. The van der Waals surface area contributed by atoms with Crippen LogP contribution in [0, 0.1) is 6.92 Å². The van der Waals surface area contributed by atoms with Crippen molar-refractivity contribution >= 4 is 17.4 Å². The first-order valence-corrected chi connectivity index (χ1v) is 7.71. The van der Waals surface area contributed by atoms with Crippen LogP contribution in [-0.4, -0.2) is 14.9 Å². The summed E-state index contributed by atoms with van der Waals surface area (Å²) in [6.45, 7) is 2.07. The molecule has 0 saturated carbocycles. The Morgan fingerprint density at radius 3 is 2.62 bits per heavy atom. The number of thioether (sulfide) groups is 1. The molecule has 4 nitrogen and oxygen atoms in total. The number of hydrogen-bond acceptors (Lipinski definition) is 4. The summed E-state index contributed by atoms with van der Waals surface area (Å²) in [7, 11) is 0. The summed E-state index contributed by atoms with van der Waals surface area (Å²) in [4.78, 5) is 6.03. The molecule has 1 aromatic heterocycles. The van der Waals surface area contributed by atoms with Crippen LogP contribution < -0.4 is 5.43 Å². The van der Waals surface area contributed by atoms with Crippen LogP contribution in [0.15, 0.2) is 66.1 Å². The Balaban J connectivity index is 1.71. The van der Waals surface area contributed by atoms with Gasteiger partial charge in [0.15, 0.2) is 0 Å². The lowest BCUT2D eigenvalue weighted by molar-refractivity contribution is 0.717. The zero-order valence-corrected chi connectivity index (χ0v) is 12.5. The first-order chi connectivity index (χ1) is 10.3. The van der Waals surface area contributed by atoms with Gasteiger partial charge in [0.1, 0.15) is 6.33 Å². The third-order valence-electron chi connectivity index (χ3n) is 3.10. The Kier molecular flexibility index (Phi) is 4.21. The maximum atomic E-state index is 4.31. The highest BCUT2D eigenvalue weighted by atomic mass is 32.2. The summed E-state index contributed by atoms with van der Waals surface area (Å²) >= 11 is 1.66. The maximum Gasteiger partial charge on any atom is 0.208 e. The van der Waals surface area contributed by atoms with Gasteiger partial charge in [-0.1, -0.05) is 60.3 Å². The minimum Gasteiger partial charge on any atom is -0.276 e. The van der Waals surface area contributed by atoms with Gasteiger partial charge in [-0.25, -0.2) is 4.98 Å². The van der Waals surface area contributed by atoms with Crippen LogP contribution in [0.1, 0.15) is 11.1 Å². The van der Waals surface area contributed by atoms with Crippen LogP contribution in [-0.2, 0) is 5.75 Å². The molecular weight excluding hydrogens is 280 g/mol. The Bertz CT molecular complexity index is 709. The van der Waals surface area contributed by atoms with Crippen molar-refractivity contribution in [3.63, 3.8) is 0 Å². The van der Waals surface area contributed by atoms with E-state index in [1.54, 1.807) is 22.9 Å². The Morgan fingerprint density at radius 2 is 1.81 bits per heavy atom. The molecule has 2 aromatic carbocycles. The largest absolute Gasteiger partial charge is 0.276 e. The van der Waals surface area contributed by atoms with Crippen molar-refractivity contribution in [2.24, 2.45) is 0 Å². The molecule has 0 fully saturated rings. The monoisotopic (exact) mass is 296 g/mol. The van der Waals surface area contributed by atoms with E-state index in [1.807, 2.05) is 36.4 Å². The first-order valence-electron chi connectivity index (χ1n) is 6.72. The van der Waals surface area contributed by atoms with E-state index in [1.165, 1.54) is 11.1 Å². The van der Waals surface area contributed by atoms with E-state index in [4.69, 9.17) is 0 Å². The van der Waals surface area contributed by atoms with Gasteiger partial charge >= 0.3 is 0 Å². The second-order valence-corrected chi connectivity index (χ2v) is 5.60. The van der Waals surface area contributed by atoms with Crippen LogP contribution in [0.4, 0.5) is 5.69 Å². The highest BCUT2D eigenvalue weighted by Crippen LogP contribution is 2.21. The number of rotatable bonds is 5. The first kappa shape index (κ1) is 13.7. The maximum absolute atomic E-state index is 4.31. The van der Waals surface area contributed by atoms with Crippen molar-refractivity contribution in [2.45, 2.75) is 17.8 Å². The number of benzene rings is 2. The van der Waals surface area contributed by atoms with Crippen LogP contribution >= 0.6 is 11.8 Å². The number of aromatic nitrogens is 3. The fraction of sp³-hybridized carbons (Fsp3) is 0.125. The van der Waals surface area contributed by atoms with E-state index in [9.17, 15) is 0 Å². The SMILES string of the molecule is Cc1ccccc1Nn1ncnc1SCc1ccccc1. The summed E-state index contributed by atoms with van der Waals surface area (Å²) in [5, 5.41) is 5.09. The molecule has 5 heteroatoms. The lowest BCUT2D eigenvalue weighted by atomic mass is 10.2. The van der Waals surface area contributed by atoms with Gasteiger partial charge < -0.3 is 0 Å². The zero-order valence-electron chi connectivity index (χ0n) is 11.7. The topological polar surface area (TPSA) is 42.7 Å². The van der Waals surface area contributed by atoms with E-state index < -0.39 is 0 Å². The molecule has 0 unspecified atom stereocenters. The molecule has 0 aliphatic carbocycles. The average Bonchev–Trinajstić information content (AvgIpc) is 2.96. The molecule has 3 rings (SSSR count). The number of aryl methyl sites for hydroxylation is 1. The van der Waals surface area contributed by atoms with Gasteiger partial charge in [0.25, 0.3) is 0 Å². The fourth-order valence-electron chi connectivity index (χ4n) is 1.94. The molecule has 106 valence electrons. The molecule has 0 saturated heterocycles. The van der Waals surface area contributed by atoms with Crippen molar-refractivity contribution in [3.05, 3.63) is 72.1 Å². The Labute approximate surface area is 128 Å². The number of hydrogen-bond donors (Lipinski definition) is 1. The highest BCUT2D eigenvalue weighted by molar-refractivity contribution is 7.98. The van der Waals surface area contributed by atoms with E-state index in [-0.39, 0.29) is 0 Å². The predicted molar refractivity (Wildman–Crippen MR) is 86.2 cm³/mol. The second-order valence-electron chi connectivity index (χ2n) is 4.66. The van der Waals surface area contributed by atoms with Gasteiger partial charge in [0, 0.05) is 5.75 Å². The Morgan fingerprint density at radius 1 is 1.05 bits per heavy atom. The van der Waals surface area contributed by atoms with Crippen LogP contribution in [0.3, 0.4) is 0 Å². The van der Waals surface area contributed by atoms with Gasteiger partial charge in [0.05, 0.1) is 5.69 Å². The van der Waals surface area contributed by atoms with Crippen LogP contribution in [0.25, 0.3) is 0 Å². The summed E-state index contributed by atoms with van der Waals surface area (Å²) < 4.78 is 0. The molecule has 1 heterocycles. The number of nitrogens with one attached hydrogen (secondary N) is 1. The number of para-hydroxylation sites is 1. The quantitative estimate of drug-likeness (QED) is 0.728. The predicted octanol–water partition coefficient (Wildman–Crippen LogP) is 3.75. The molecule has 0 aliphatic rings. The average molecular weight is 296 g/mol. The zero-order chi connectivity index (χ0) is 14.5. The molecule has 0 aliphatic heterocycles. The molecule has 1 N–H and O–H groups in total. The molecule has 0 bridgehead atoms. The molecular formula is C16H16N4S. The second kappa shape index (κ2) is 6.45. The minimum atomic E-state index is 0.849. The van der Waals surface area contributed by atoms with Gasteiger partial charge in [-0.05, 0) is 24.1 Å². The lowest BCUT2D eigenvalue weighted by Crippen LogP contribution is -2.13. The smallest absolute Gasteiger partial charge is 0.208 e. The van der Waals surface area contributed by atoms with E-state index in [0.717, 1.165) is 16.6 Å². The summed E-state index contributed by atoms with van der Waals surface area (Å²) in [6.07, 6.45) is 1.57. The van der Waals surface area contributed by atoms with E-state index in [2.05, 4.69) is 40.6 Å². The van der Waals surface area contributed by atoms with Crippen molar-refractivity contribution in [2.75, 3.05) is 5.43 Å². The van der Waals surface area contributed by atoms with Gasteiger partial charge in [-0.15, -0.1) is 9.89 Å². The summed E-state index contributed by atoms with van der Waals surface area (Å²) in [5.41, 5.74) is 6.76. The van der Waals surface area contributed by atoms with Crippen molar-refractivity contribution < 1.29 is 0 Å². The van der Waals surface area contributed by atoms with Gasteiger partial charge in [-0.2, -0.15) is 0 Å². The van der Waals surface area contributed by atoms with Crippen LogP contribution in [0.2, 0.25) is 0 Å². The van der Waals surface area contributed by atoms with Gasteiger partial charge in [0.2, 0.25) is 5.16 Å². The number of nitrogens with zero attached hydrogens (tertiary/aromatic N) is 3. The normalized spacial score (nSPS) is 10.5. The third-order valence-corrected chi connectivity index (χ3v) is 4.11. The van der Waals surface area contributed by atoms with Crippen molar-refractivity contribution in [1.82, 2.24) is 14.9 Å².